The van der Waals surface area contributed by atoms with E-state index in [1.165, 1.54) is 37.7 Å². The van der Waals surface area contributed by atoms with E-state index in [-0.39, 0.29) is 0 Å². The molecule has 0 bridgehead atoms. The van der Waals surface area contributed by atoms with Crippen LogP contribution in [0.15, 0.2) is 30.3 Å². The quantitative estimate of drug-likeness (QED) is 0.524. The molecular weight excluding hydrogens is 278 g/mol. The molecule has 1 aromatic carbocycles. The van der Waals surface area contributed by atoms with Gasteiger partial charge in [-0.2, -0.15) is 0 Å². The van der Waals surface area contributed by atoms with Crippen molar-refractivity contribution in [2.24, 2.45) is 17.3 Å². The van der Waals surface area contributed by atoms with Crippen LogP contribution in [0.2, 0.25) is 0 Å². The van der Waals surface area contributed by atoms with Gasteiger partial charge in [-0.1, -0.05) is 91.1 Å². The molecule has 1 heteroatoms. The van der Waals surface area contributed by atoms with E-state index in [9.17, 15) is 0 Å². The molecule has 0 fully saturated rings. The van der Waals surface area contributed by atoms with E-state index in [0.29, 0.717) is 11.5 Å². The first-order valence-electron chi connectivity index (χ1n) is 9.65. The average molecular weight is 318 g/mol. The molecule has 0 aliphatic heterocycles. The van der Waals surface area contributed by atoms with Crippen LogP contribution in [0.4, 0.5) is 0 Å². The zero-order valence-corrected chi connectivity index (χ0v) is 16.4. The Bertz CT molecular complexity index is 404. The molecule has 1 nitrogen and oxygen atoms in total. The van der Waals surface area contributed by atoms with Gasteiger partial charge < -0.3 is 5.32 Å². The van der Waals surface area contributed by atoms with E-state index in [1.54, 1.807) is 0 Å². The van der Waals surface area contributed by atoms with Crippen LogP contribution in [-0.2, 0) is 6.54 Å². The highest BCUT2D eigenvalue weighted by molar-refractivity contribution is 5.14. The second-order valence-corrected chi connectivity index (χ2v) is 8.35. The van der Waals surface area contributed by atoms with Crippen molar-refractivity contribution in [3.8, 4) is 0 Å². The monoisotopic (exact) mass is 317 g/mol. The molecule has 0 radical (unpaired) electrons. The van der Waals surface area contributed by atoms with Crippen molar-refractivity contribution in [2.45, 2.75) is 86.2 Å². The number of rotatable bonds is 10. The van der Waals surface area contributed by atoms with Gasteiger partial charge in [0.15, 0.2) is 0 Å². The molecule has 23 heavy (non-hydrogen) atoms. The number of nitrogens with one attached hydrogen (secondary N) is 1. The van der Waals surface area contributed by atoms with E-state index in [4.69, 9.17) is 0 Å². The summed E-state index contributed by atoms with van der Waals surface area (Å²) in [7, 11) is 0. The minimum Gasteiger partial charge on any atom is -0.309 e. The van der Waals surface area contributed by atoms with Gasteiger partial charge in [-0.15, -0.1) is 0 Å². The Morgan fingerprint density at radius 2 is 1.61 bits per heavy atom. The fraction of sp³-hybridized carbons (Fsp3) is 0.727. The molecule has 0 saturated carbocycles. The minimum absolute atomic E-state index is 0.296. The van der Waals surface area contributed by atoms with Gasteiger partial charge >= 0.3 is 0 Å². The molecule has 0 aromatic heterocycles. The summed E-state index contributed by atoms with van der Waals surface area (Å²) in [5.41, 5.74) is 1.68. The van der Waals surface area contributed by atoms with E-state index < -0.39 is 0 Å². The van der Waals surface area contributed by atoms with E-state index in [2.05, 4.69) is 77.2 Å². The molecule has 0 heterocycles. The summed E-state index contributed by atoms with van der Waals surface area (Å²) in [4.78, 5) is 0. The summed E-state index contributed by atoms with van der Waals surface area (Å²) in [5, 5.41) is 3.90. The van der Waals surface area contributed by atoms with Crippen LogP contribution in [0.5, 0.6) is 0 Å². The average Bonchev–Trinajstić information content (AvgIpc) is 2.52. The van der Waals surface area contributed by atoms with Crippen LogP contribution in [0.1, 0.15) is 79.2 Å². The first kappa shape index (κ1) is 20.2. The van der Waals surface area contributed by atoms with Crippen molar-refractivity contribution in [1.29, 1.82) is 0 Å². The molecule has 0 aliphatic rings. The summed E-state index contributed by atoms with van der Waals surface area (Å²) in [6, 6.07) is 11.4. The largest absolute Gasteiger partial charge is 0.309 e. The molecule has 0 aliphatic carbocycles. The summed E-state index contributed by atoms with van der Waals surface area (Å²) in [6.07, 6.45) is 6.63. The van der Waals surface area contributed by atoms with E-state index in [0.717, 1.165) is 18.4 Å². The Morgan fingerprint density at radius 1 is 0.957 bits per heavy atom. The Labute approximate surface area is 145 Å². The summed E-state index contributed by atoms with van der Waals surface area (Å²) in [6.45, 7) is 15.2. The van der Waals surface area contributed by atoms with Crippen molar-refractivity contribution in [3.63, 3.8) is 0 Å². The fourth-order valence-corrected chi connectivity index (χ4v) is 3.55. The van der Waals surface area contributed by atoms with Gasteiger partial charge in [0.05, 0.1) is 0 Å². The van der Waals surface area contributed by atoms with E-state index in [1.807, 2.05) is 0 Å². The summed E-state index contributed by atoms with van der Waals surface area (Å²) < 4.78 is 0. The molecule has 1 N–H and O–H groups in total. The van der Waals surface area contributed by atoms with Crippen LogP contribution in [0.3, 0.4) is 0 Å². The van der Waals surface area contributed by atoms with Gasteiger partial charge in [0.2, 0.25) is 0 Å². The minimum atomic E-state index is 0.296. The van der Waals surface area contributed by atoms with Crippen LogP contribution in [-0.4, -0.2) is 6.04 Å². The second kappa shape index (κ2) is 10.1. The van der Waals surface area contributed by atoms with Crippen molar-refractivity contribution in [2.75, 3.05) is 0 Å². The molecule has 3 unspecified atom stereocenters. The zero-order chi connectivity index (χ0) is 17.3. The summed E-state index contributed by atoms with van der Waals surface area (Å²) >= 11 is 0. The Morgan fingerprint density at radius 3 is 2.13 bits per heavy atom. The van der Waals surface area contributed by atoms with Crippen LogP contribution in [0, 0.1) is 17.3 Å². The predicted molar refractivity (Wildman–Crippen MR) is 104 cm³/mol. The Kier molecular flexibility index (Phi) is 8.91. The third-order valence-electron chi connectivity index (χ3n) is 5.16. The van der Waals surface area contributed by atoms with Crippen molar-refractivity contribution in [1.82, 2.24) is 5.32 Å². The maximum absolute atomic E-state index is 3.90. The van der Waals surface area contributed by atoms with Crippen molar-refractivity contribution < 1.29 is 0 Å². The lowest BCUT2D eigenvalue weighted by Gasteiger charge is -2.39. The summed E-state index contributed by atoms with van der Waals surface area (Å²) in [5.74, 6) is 1.63. The first-order valence-corrected chi connectivity index (χ1v) is 9.65. The lowest BCUT2D eigenvalue weighted by atomic mass is 9.74. The third-order valence-corrected chi connectivity index (χ3v) is 5.16. The third kappa shape index (κ3) is 7.52. The predicted octanol–water partition coefficient (Wildman–Crippen LogP) is 6.43. The van der Waals surface area contributed by atoms with Gasteiger partial charge in [0.1, 0.15) is 0 Å². The van der Waals surface area contributed by atoms with Crippen molar-refractivity contribution >= 4 is 0 Å². The van der Waals surface area contributed by atoms with Gasteiger partial charge in [-0.05, 0) is 35.7 Å². The molecule has 0 amide bonds. The van der Waals surface area contributed by atoms with Gasteiger partial charge in [-0.3, -0.25) is 0 Å². The van der Waals surface area contributed by atoms with Crippen LogP contribution < -0.4 is 5.32 Å². The standard InChI is InChI=1S/C22H39N/c1-7-12-20(16-15-18(3)8-2)21(22(4,5)6)23-17-19-13-10-9-11-14-19/h9-11,13-14,18,20-21,23H,7-8,12,15-17H2,1-6H3. The normalized spacial score (nSPS) is 16.1. The lowest BCUT2D eigenvalue weighted by Crippen LogP contribution is -2.45. The lowest BCUT2D eigenvalue weighted by molar-refractivity contribution is 0.166. The Balaban J connectivity index is 2.75. The van der Waals surface area contributed by atoms with Crippen LogP contribution in [0.25, 0.3) is 0 Å². The highest BCUT2D eigenvalue weighted by Gasteiger charge is 2.31. The molecule has 0 spiro atoms. The highest BCUT2D eigenvalue weighted by Crippen LogP contribution is 2.32. The molecule has 3 atom stereocenters. The smallest absolute Gasteiger partial charge is 0.0208 e. The Hall–Kier alpha value is -0.820. The van der Waals surface area contributed by atoms with E-state index >= 15 is 0 Å². The maximum atomic E-state index is 3.90. The van der Waals surface area contributed by atoms with Gasteiger partial charge in [0, 0.05) is 12.6 Å². The molecule has 1 aromatic rings. The topological polar surface area (TPSA) is 12.0 Å². The maximum Gasteiger partial charge on any atom is 0.0208 e. The first-order chi connectivity index (χ1) is 10.9. The second-order valence-electron chi connectivity index (χ2n) is 8.35. The highest BCUT2D eigenvalue weighted by atomic mass is 14.9. The molecule has 0 saturated heterocycles. The SMILES string of the molecule is CCCC(CCC(C)CC)C(NCc1ccccc1)C(C)(C)C. The number of hydrogen-bond donors (Lipinski definition) is 1. The molecular formula is C22H39N. The fourth-order valence-electron chi connectivity index (χ4n) is 3.55. The molecule has 132 valence electrons. The number of hydrogen-bond acceptors (Lipinski definition) is 1. The van der Waals surface area contributed by atoms with Gasteiger partial charge in [0.25, 0.3) is 0 Å². The van der Waals surface area contributed by atoms with Crippen LogP contribution >= 0.6 is 0 Å². The molecule has 1 rings (SSSR count). The number of benzene rings is 1. The zero-order valence-electron chi connectivity index (χ0n) is 16.4. The van der Waals surface area contributed by atoms with Gasteiger partial charge in [-0.25, -0.2) is 0 Å². The van der Waals surface area contributed by atoms with Crippen molar-refractivity contribution in [3.05, 3.63) is 35.9 Å².